The van der Waals surface area contributed by atoms with Crippen LogP contribution in [0.15, 0.2) is 48.0 Å². The maximum Gasteiger partial charge on any atom is 0.320 e. The first-order valence-electron chi connectivity index (χ1n) is 9.76. The zero-order valence-corrected chi connectivity index (χ0v) is 17.8. The lowest BCUT2D eigenvalue weighted by molar-refractivity contribution is 0.0943. The van der Waals surface area contributed by atoms with Crippen LogP contribution in [0.3, 0.4) is 0 Å². The quantitative estimate of drug-likeness (QED) is 0.683. The van der Waals surface area contributed by atoms with Gasteiger partial charge in [-0.25, -0.2) is 13.4 Å². The number of rotatable bonds is 8. The molecule has 160 valence electrons. The van der Waals surface area contributed by atoms with Gasteiger partial charge in [-0.1, -0.05) is 24.3 Å². The largest absolute Gasteiger partial charge is 0.460 e. The lowest BCUT2D eigenvalue weighted by Gasteiger charge is -2.15. The van der Waals surface area contributed by atoms with E-state index >= 15 is 0 Å². The summed E-state index contributed by atoms with van der Waals surface area (Å²) in [7, 11) is -3.28. The topological polar surface area (TPSA) is 107 Å². The minimum absolute atomic E-state index is 0.0652. The molecule has 1 aromatic carbocycles. The first-order chi connectivity index (χ1) is 14.3. The summed E-state index contributed by atoms with van der Waals surface area (Å²) in [6.07, 6.45) is 8.02. The second-order valence-corrected chi connectivity index (χ2v) is 9.16. The van der Waals surface area contributed by atoms with E-state index in [0.29, 0.717) is 5.75 Å². The number of benzene rings is 1. The van der Waals surface area contributed by atoms with Gasteiger partial charge >= 0.3 is 6.01 Å². The first kappa shape index (κ1) is 21.8. The fourth-order valence-electron chi connectivity index (χ4n) is 2.99. The van der Waals surface area contributed by atoms with Crippen molar-refractivity contribution in [3.05, 3.63) is 53.6 Å². The van der Waals surface area contributed by atoms with E-state index < -0.39 is 21.8 Å². The zero-order chi connectivity index (χ0) is 21.6. The van der Waals surface area contributed by atoms with Gasteiger partial charge in [-0.3, -0.25) is 4.79 Å². The molecule has 0 spiro atoms. The van der Waals surface area contributed by atoms with Gasteiger partial charge < -0.3 is 14.8 Å². The molecule has 2 aromatic rings. The Morgan fingerprint density at radius 3 is 2.60 bits per heavy atom. The van der Waals surface area contributed by atoms with Crippen molar-refractivity contribution in [3.63, 3.8) is 0 Å². The van der Waals surface area contributed by atoms with Gasteiger partial charge in [0.1, 0.15) is 17.4 Å². The SMILES string of the molecule is CC(/C=C/S(C)(=O)=O)NC(=O)c1cnc(OC2CCCC2)nc1Oc1ccccc1. The Morgan fingerprint density at radius 1 is 1.23 bits per heavy atom. The molecule has 1 unspecified atom stereocenters. The average Bonchev–Trinajstić information content (AvgIpc) is 3.20. The van der Waals surface area contributed by atoms with E-state index in [9.17, 15) is 13.2 Å². The fraction of sp³-hybridized carbons (Fsp3) is 0.381. The third-order valence-electron chi connectivity index (χ3n) is 4.48. The van der Waals surface area contributed by atoms with E-state index in [1.807, 2.05) is 18.2 Å². The predicted molar refractivity (Wildman–Crippen MR) is 112 cm³/mol. The molecule has 1 fully saturated rings. The third-order valence-corrected chi connectivity index (χ3v) is 5.13. The third kappa shape index (κ3) is 6.55. The molecule has 1 amide bonds. The molecule has 30 heavy (non-hydrogen) atoms. The van der Waals surface area contributed by atoms with Crippen molar-refractivity contribution in [2.45, 2.75) is 44.8 Å². The molecule has 0 radical (unpaired) electrons. The van der Waals surface area contributed by atoms with E-state index in [-0.39, 0.29) is 23.6 Å². The molecule has 1 saturated carbocycles. The van der Waals surface area contributed by atoms with E-state index in [1.54, 1.807) is 19.1 Å². The Morgan fingerprint density at radius 2 is 1.93 bits per heavy atom. The standard InChI is InChI=1S/C21H25N3O5S/c1-15(12-13-30(2,26)27)23-19(25)18-14-22-21(29-17-10-6-7-11-17)24-20(18)28-16-8-4-3-5-9-16/h3-5,8-9,12-15,17H,6-7,10-11H2,1-2H3,(H,23,25)/b13-12+. The van der Waals surface area contributed by atoms with Crippen molar-refractivity contribution >= 4 is 15.7 Å². The molecular weight excluding hydrogens is 406 g/mol. The lowest BCUT2D eigenvalue weighted by Crippen LogP contribution is -2.31. The summed E-state index contributed by atoms with van der Waals surface area (Å²) in [4.78, 5) is 21.2. The van der Waals surface area contributed by atoms with Crippen LogP contribution in [-0.4, -0.2) is 42.7 Å². The van der Waals surface area contributed by atoms with Crippen LogP contribution in [0.1, 0.15) is 43.0 Å². The molecule has 3 rings (SSSR count). The molecule has 1 aliphatic rings. The first-order valence-corrected chi connectivity index (χ1v) is 11.7. The van der Waals surface area contributed by atoms with Crippen molar-refractivity contribution < 1.29 is 22.7 Å². The molecule has 1 heterocycles. The van der Waals surface area contributed by atoms with Gasteiger partial charge in [0, 0.05) is 17.7 Å². The Labute approximate surface area is 176 Å². The van der Waals surface area contributed by atoms with E-state index in [2.05, 4.69) is 15.3 Å². The number of aromatic nitrogens is 2. The van der Waals surface area contributed by atoms with E-state index in [4.69, 9.17) is 9.47 Å². The number of hydrogen-bond donors (Lipinski definition) is 1. The van der Waals surface area contributed by atoms with Gasteiger partial charge in [-0.05, 0) is 44.7 Å². The summed E-state index contributed by atoms with van der Waals surface area (Å²) in [5, 5.41) is 3.75. The zero-order valence-electron chi connectivity index (χ0n) is 16.9. The van der Waals surface area contributed by atoms with Crippen LogP contribution in [0.25, 0.3) is 0 Å². The van der Waals surface area contributed by atoms with Crippen molar-refractivity contribution in [1.82, 2.24) is 15.3 Å². The normalized spacial score (nSPS) is 15.8. The molecule has 0 aliphatic heterocycles. The van der Waals surface area contributed by atoms with Crippen LogP contribution >= 0.6 is 0 Å². The average molecular weight is 432 g/mol. The number of nitrogens with one attached hydrogen (secondary N) is 1. The van der Waals surface area contributed by atoms with Crippen molar-refractivity contribution in [1.29, 1.82) is 0 Å². The lowest BCUT2D eigenvalue weighted by atomic mass is 10.2. The van der Waals surface area contributed by atoms with E-state index in [0.717, 1.165) is 37.3 Å². The Hall–Kier alpha value is -2.94. The Bertz CT molecular complexity index is 1000. The van der Waals surface area contributed by atoms with Crippen LogP contribution in [0.2, 0.25) is 0 Å². The van der Waals surface area contributed by atoms with E-state index in [1.165, 1.54) is 12.3 Å². The van der Waals surface area contributed by atoms with Crippen LogP contribution in [0.4, 0.5) is 0 Å². The number of nitrogens with zero attached hydrogens (tertiary/aromatic N) is 2. The summed E-state index contributed by atoms with van der Waals surface area (Å²) in [6, 6.07) is 8.61. The molecule has 0 bridgehead atoms. The second kappa shape index (κ2) is 9.71. The molecule has 0 saturated heterocycles. The predicted octanol–water partition coefficient (Wildman–Crippen LogP) is 3.27. The molecular formula is C21H25N3O5S. The van der Waals surface area contributed by atoms with Gasteiger partial charge in [-0.15, -0.1) is 0 Å². The monoisotopic (exact) mass is 431 g/mol. The number of ether oxygens (including phenoxy) is 2. The Kier molecular flexibility index (Phi) is 7.04. The minimum atomic E-state index is -3.28. The highest BCUT2D eigenvalue weighted by molar-refractivity contribution is 7.93. The molecule has 1 aromatic heterocycles. The summed E-state index contributed by atoms with van der Waals surface area (Å²) in [6.45, 7) is 1.66. The highest BCUT2D eigenvalue weighted by atomic mass is 32.2. The van der Waals surface area contributed by atoms with Crippen molar-refractivity contribution in [2.75, 3.05) is 6.26 Å². The maximum atomic E-state index is 12.8. The van der Waals surface area contributed by atoms with Crippen molar-refractivity contribution in [3.8, 4) is 17.6 Å². The molecule has 8 nitrogen and oxygen atoms in total. The highest BCUT2D eigenvalue weighted by Gasteiger charge is 2.22. The fourth-order valence-corrected chi connectivity index (χ4v) is 3.51. The van der Waals surface area contributed by atoms with Crippen LogP contribution in [0, 0.1) is 0 Å². The van der Waals surface area contributed by atoms with Crippen LogP contribution < -0.4 is 14.8 Å². The summed E-state index contributed by atoms with van der Waals surface area (Å²) >= 11 is 0. The summed E-state index contributed by atoms with van der Waals surface area (Å²) < 4.78 is 34.2. The van der Waals surface area contributed by atoms with Gasteiger partial charge in [0.2, 0.25) is 5.88 Å². The van der Waals surface area contributed by atoms with Gasteiger partial charge in [-0.2, -0.15) is 4.98 Å². The summed E-state index contributed by atoms with van der Waals surface area (Å²) in [5.41, 5.74) is 0.122. The molecule has 1 atom stereocenters. The van der Waals surface area contributed by atoms with Crippen LogP contribution in [-0.2, 0) is 9.84 Å². The Balaban J connectivity index is 1.82. The highest BCUT2D eigenvalue weighted by Crippen LogP contribution is 2.27. The van der Waals surface area contributed by atoms with Gasteiger partial charge in [0.05, 0.1) is 6.20 Å². The number of carbonyl (C=O) groups excluding carboxylic acids is 1. The number of carbonyl (C=O) groups is 1. The molecule has 9 heteroatoms. The van der Waals surface area contributed by atoms with Gasteiger partial charge in [0.15, 0.2) is 9.84 Å². The minimum Gasteiger partial charge on any atom is -0.460 e. The molecule has 1 N–H and O–H groups in total. The number of amides is 1. The van der Waals surface area contributed by atoms with Gasteiger partial charge in [0.25, 0.3) is 5.91 Å². The number of hydrogen-bond acceptors (Lipinski definition) is 7. The van der Waals surface area contributed by atoms with Crippen LogP contribution in [0.5, 0.6) is 17.6 Å². The second-order valence-electron chi connectivity index (χ2n) is 7.23. The maximum absolute atomic E-state index is 12.8. The summed E-state index contributed by atoms with van der Waals surface area (Å²) in [5.74, 6) is 0.0991. The number of sulfone groups is 1. The van der Waals surface area contributed by atoms with Crippen molar-refractivity contribution in [2.24, 2.45) is 0 Å². The molecule has 1 aliphatic carbocycles. The smallest absolute Gasteiger partial charge is 0.320 e. The number of para-hydroxylation sites is 1.